The first kappa shape index (κ1) is 10.4. The van der Waals surface area contributed by atoms with E-state index in [0.29, 0.717) is 0 Å². The third-order valence-electron chi connectivity index (χ3n) is 3.56. The molecule has 0 spiro atoms. The van der Waals surface area contributed by atoms with Gasteiger partial charge in [0.2, 0.25) is 0 Å². The zero-order valence-corrected chi connectivity index (χ0v) is 9.34. The molecule has 0 bridgehead atoms. The van der Waals surface area contributed by atoms with Crippen LogP contribution in [-0.2, 0) is 0 Å². The lowest BCUT2D eigenvalue weighted by molar-refractivity contribution is 0.0103. The molecule has 82 valence electrons. The van der Waals surface area contributed by atoms with Crippen molar-refractivity contribution >= 4 is 0 Å². The summed E-state index contributed by atoms with van der Waals surface area (Å²) in [5.41, 5.74) is 0. The summed E-state index contributed by atoms with van der Waals surface area (Å²) < 4.78 is 0. The highest BCUT2D eigenvalue weighted by atomic mass is 15.4. The summed E-state index contributed by atoms with van der Waals surface area (Å²) in [5, 5.41) is 3.43. The van der Waals surface area contributed by atoms with E-state index in [2.05, 4.69) is 22.0 Å². The molecule has 0 aromatic heterocycles. The Labute approximate surface area is 87.4 Å². The average molecular weight is 197 g/mol. The number of hydrogen-bond donors (Lipinski definition) is 1. The van der Waals surface area contributed by atoms with E-state index >= 15 is 0 Å². The van der Waals surface area contributed by atoms with Crippen LogP contribution in [0, 0.1) is 0 Å². The highest BCUT2D eigenvalue weighted by molar-refractivity contribution is 4.80. The Hall–Kier alpha value is -0.120. The smallest absolute Gasteiger partial charge is 0.0623 e. The predicted molar refractivity (Wildman–Crippen MR) is 59.3 cm³/mol. The Morgan fingerprint density at radius 1 is 1.14 bits per heavy atom. The van der Waals surface area contributed by atoms with Crippen LogP contribution in [0.2, 0.25) is 0 Å². The van der Waals surface area contributed by atoms with Gasteiger partial charge in [0.15, 0.2) is 0 Å². The molecule has 0 aromatic rings. The average Bonchev–Trinajstić information content (AvgIpc) is 2.30. The lowest BCUT2D eigenvalue weighted by Crippen LogP contribution is -2.56. The highest BCUT2D eigenvalue weighted by Gasteiger charge is 2.27. The second kappa shape index (κ2) is 5.10. The van der Waals surface area contributed by atoms with Gasteiger partial charge >= 0.3 is 0 Å². The van der Waals surface area contributed by atoms with E-state index in [1.807, 2.05) is 0 Å². The summed E-state index contributed by atoms with van der Waals surface area (Å²) >= 11 is 0. The number of rotatable bonds is 2. The van der Waals surface area contributed by atoms with Crippen LogP contribution in [0.5, 0.6) is 0 Å². The first-order valence-electron chi connectivity index (χ1n) is 6.10. The van der Waals surface area contributed by atoms with Crippen LogP contribution in [0.15, 0.2) is 0 Å². The predicted octanol–water partition coefficient (Wildman–Crippen LogP) is 0.724. The number of hydrogen-bond acceptors (Lipinski definition) is 3. The maximum atomic E-state index is 3.43. The van der Waals surface area contributed by atoms with Crippen molar-refractivity contribution in [3.8, 4) is 0 Å². The molecule has 2 aliphatic rings. The van der Waals surface area contributed by atoms with Crippen LogP contribution in [0.1, 0.15) is 26.2 Å². The summed E-state index contributed by atoms with van der Waals surface area (Å²) in [4.78, 5) is 5.31. The maximum Gasteiger partial charge on any atom is 0.0623 e. The molecule has 0 amide bonds. The highest BCUT2D eigenvalue weighted by Crippen LogP contribution is 2.19. The van der Waals surface area contributed by atoms with Crippen molar-refractivity contribution in [2.24, 2.45) is 0 Å². The van der Waals surface area contributed by atoms with Crippen molar-refractivity contribution in [1.29, 1.82) is 0 Å². The zero-order valence-electron chi connectivity index (χ0n) is 9.34. The van der Waals surface area contributed by atoms with Gasteiger partial charge in [0.05, 0.1) is 6.17 Å². The topological polar surface area (TPSA) is 18.5 Å². The van der Waals surface area contributed by atoms with Crippen molar-refractivity contribution in [3.63, 3.8) is 0 Å². The molecule has 0 aromatic carbocycles. The molecule has 3 nitrogen and oxygen atoms in total. The molecule has 1 unspecified atom stereocenters. The van der Waals surface area contributed by atoms with Gasteiger partial charge in [-0.05, 0) is 32.4 Å². The largest absolute Gasteiger partial charge is 0.314 e. The van der Waals surface area contributed by atoms with Gasteiger partial charge in [0.1, 0.15) is 0 Å². The molecular weight excluding hydrogens is 174 g/mol. The molecule has 1 atom stereocenters. The minimum absolute atomic E-state index is 0.746. The summed E-state index contributed by atoms with van der Waals surface area (Å²) in [6.45, 7) is 9.64. The fourth-order valence-corrected chi connectivity index (χ4v) is 2.74. The quantitative estimate of drug-likeness (QED) is 0.704. The van der Waals surface area contributed by atoms with Crippen LogP contribution in [-0.4, -0.2) is 55.2 Å². The number of piperidine rings is 1. The molecule has 2 heterocycles. The van der Waals surface area contributed by atoms with E-state index in [0.717, 1.165) is 6.17 Å². The molecular formula is C11H23N3. The minimum Gasteiger partial charge on any atom is -0.314 e. The molecule has 0 aliphatic carbocycles. The lowest BCUT2D eigenvalue weighted by Gasteiger charge is -2.43. The second-order valence-electron chi connectivity index (χ2n) is 4.39. The standard InChI is InChI=1S/C11H23N3/c1-2-13-8-4-3-5-11(13)14-9-6-12-7-10-14/h11-12H,2-10H2,1H3. The number of nitrogens with one attached hydrogen (secondary N) is 1. The second-order valence-corrected chi connectivity index (χ2v) is 4.39. The third kappa shape index (κ3) is 2.27. The first-order chi connectivity index (χ1) is 6.92. The molecule has 2 rings (SSSR count). The van der Waals surface area contributed by atoms with E-state index in [1.54, 1.807) is 0 Å². The molecule has 2 aliphatic heterocycles. The Morgan fingerprint density at radius 3 is 2.64 bits per heavy atom. The van der Waals surface area contributed by atoms with Crippen LogP contribution in [0.3, 0.4) is 0 Å². The van der Waals surface area contributed by atoms with E-state index in [4.69, 9.17) is 0 Å². The van der Waals surface area contributed by atoms with Gasteiger partial charge in [-0.3, -0.25) is 9.80 Å². The Bertz CT molecular complexity index is 166. The van der Waals surface area contributed by atoms with Crippen LogP contribution >= 0.6 is 0 Å². The van der Waals surface area contributed by atoms with Crippen molar-refractivity contribution in [2.75, 3.05) is 39.3 Å². The summed E-state index contributed by atoms with van der Waals surface area (Å²) in [7, 11) is 0. The van der Waals surface area contributed by atoms with Gasteiger partial charge in [-0.15, -0.1) is 0 Å². The monoisotopic (exact) mass is 197 g/mol. The van der Waals surface area contributed by atoms with Crippen LogP contribution in [0.4, 0.5) is 0 Å². The van der Waals surface area contributed by atoms with Crippen molar-refractivity contribution in [1.82, 2.24) is 15.1 Å². The van der Waals surface area contributed by atoms with Crippen LogP contribution in [0.25, 0.3) is 0 Å². The van der Waals surface area contributed by atoms with Gasteiger partial charge in [0, 0.05) is 26.2 Å². The molecule has 3 heteroatoms. The third-order valence-corrected chi connectivity index (χ3v) is 3.56. The summed E-state index contributed by atoms with van der Waals surface area (Å²) in [6, 6.07) is 0. The minimum atomic E-state index is 0.746. The van der Waals surface area contributed by atoms with Gasteiger partial charge in [0.25, 0.3) is 0 Å². The van der Waals surface area contributed by atoms with Gasteiger partial charge in [-0.1, -0.05) is 6.92 Å². The van der Waals surface area contributed by atoms with Gasteiger partial charge in [-0.2, -0.15) is 0 Å². The Balaban J connectivity index is 1.91. The molecule has 2 fully saturated rings. The SMILES string of the molecule is CCN1CCCCC1N1CCNCC1. The summed E-state index contributed by atoms with van der Waals surface area (Å²) in [5.74, 6) is 0. The first-order valence-corrected chi connectivity index (χ1v) is 6.10. The normalized spacial score (nSPS) is 31.9. The fraction of sp³-hybridized carbons (Fsp3) is 1.00. The van der Waals surface area contributed by atoms with Crippen LogP contribution < -0.4 is 5.32 Å². The van der Waals surface area contributed by atoms with Gasteiger partial charge in [-0.25, -0.2) is 0 Å². The van der Waals surface area contributed by atoms with Crippen molar-refractivity contribution in [3.05, 3.63) is 0 Å². The number of piperazine rings is 1. The molecule has 2 saturated heterocycles. The van der Waals surface area contributed by atoms with E-state index < -0.39 is 0 Å². The molecule has 14 heavy (non-hydrogen) atoms. The Morgan fingerprint density at radius 2 is 1.93 bits per heavy atom. The molecule has 0 radical (unpaired) electrons. The van der Waals surface area contributed by atoms with E-state index in [-0.39, 0.29) is 0 Å². The molecule has 1 N–H and O–H groups in total. The maximum absolute atomic E-state index is 3.43. The van der Waals surface area contributed by atoms with Crippen molar-refractivity contribution < 1.29 is 0 Å². The molecule has 0 saturated carbocycles. The fourth-order valence-electron chi connectivity index (χ4n) is 2.74. The Kier molecular flexibility index (Phi) is 3.79. The lowest BCUT2D eigenvalue weighted by atomic mass is 10.1. The number of likely N-dealkylation sites (tertiary alicyclic amines) is 1. The van der Waals surface area contributed by atoms with Crippen molar-refractivity contribution in [2.45, 2.75) is 32.4 Å². The van der Waals surface area contributed by atoms with E-state index in [9.17, 15) is 0 Å². The van der Waals surface area contributed by atoms with E-state index in [1.165, 1.54) is 58.5 Å². The summed E-state index contributed by atoms with van der Waals surface area (Å²) in [6.07, 6.45) is 4.95. The zero-order chi connectivity index (χ0) is 9.80. The van der Waals surface area contributed by atoms with Gasteiger partial charge < -0.3 is 5.32 Å². The number of nitrogens with zero attached hydrogens (tertiary/aromatic N) is 2.